The van der Waals surface area contributed by atoms with Crippen molar-refractivity contribution in [3.05, 3.63) is 28.2 Å². The molecule has 0 atom stereocenters. The number of carbonyl (C=O) groups is 1. The van der Waals surface area contributed by atoms with E-state index >= 15 is 0 Å². The Balaban J connectivity index is 2.59. The van der Waals surface area contributed by atoms with Crippen LogP contribution in [0, 0.1) is 0 Å². The quantitative estimate of drug-likeness (QED) is 0.811. The molecule has 1 heterocycles. The van der Waals surface area contributed by atoms with Gasteiger partial charge in [0.15, 0.2) is 0 Å². The third-order valence-corrected chi connectivity index (χ3v) is 3.96. The van der Waals surface area contributed by atoms with Crippen LogP contribution in [-0.2, 0) is 10.2 Å². The van der Waals surface area contributed by atoms with E-state index in [4.69, 9.17) is 0 Å². The molecule has 0 saturated carbocycles. The molecule has 2 nitrogen and oxygen atoms in total. The molecule has 2 rings (SSSR count). The van der Waals surface area contributed by atoms with Crippen molar-refractivity contribution in [3.63, 3.8) is 0 Å². The number of amides is 1. The fourth-order valence-electron chi connectivity index (χ4n) is 2.57. The topological polar surface area (TPSA) is 20.3 Å². The van der Waals surface area contributed by atoms with Crippen LogP contribution in [0.3, 0.4) is 0 Å². The molecule has 1 amide bonds. The summed E-state index contributed by atoms with van der Waals surface area (Å²) < 4.78 is 1.11. The first kappa shape index (κ1) is 12.6. The Morgan fingerprint density at radius 3 is 2.76 bits per heavy atom. The summed E-state index contributed by atoms with van der Waals surface area (Å²) in [5.41, 5.74) is 2.24. The van der Waals surface area contributed by atoms with Crippen LogP contribution in [0.15, 0.2) is 22.7 Å². The van der Waals surface area contributed by atoms with Crippen molar-refractivity contribution < 1.29 is 4.79 Å². The lowest BCUT2D eigenvalue weighted by Gasteiger charge is -2.39. The Morgan fingerprint density at radius 2 is 2.12 bits per heavy atom. The molecule has 1 aliphatic rings. The van der Waals surface area contributed by atoms with Gasteiger partial charge in [-0.05, 0) is 24.1 Å². The van der Waals surface area contributed by atoms with Gasteiger partial charge in [-0.2, -0.15) is 0 Å². The van der Waals surface area contributed by atoms with Crippen LogP contribution >= 0.6 is 15.9 Å². The van der Waals surface area contributed by atoms with Crippen LogP contribution in [-0.4, -0.2) is 12.5 Å². The predicted octanol–water partition coefficient (Wildman–Crippen LogP) is 3.87. The van der Waals surface area contributed by atoms with E-state index in [1.54, 1.807) is 0 Å². The number of hydrogen-bond donors (Lipinski definition) is 0. The van der Waals surface area contributed by atoms with E-state index in [1.165, 1.54) is 5.56 Å². The minimum atomic E-state index is -0.0866. The van der Waals surface area contributed by atoms with Crippen molar-refractivity contribution in [2.24, 2.45) is 0 Å². The fraction of sp³-hybridized carbons (Fsp3) is 0.500. The van der Waals surface area contributed by atoms with E-state index in [-0.39, 0.29) is 11.3 Å². The summed E-state index contributed by atoms with van der Waals surface area (Å²) in [7, 11) is 0. The highest BCUT2D eigenvalue weighted by atomic mass is 79.9. The van der Waals surface area contributed by atoms with Gasteiger partial charge in [0.2, 0.25) is 5.91 Å². The molecule has 0 saturated heterocycles. The Bertz CT molecular complexity index is 454. The predicted molar refractivity (Wildman–Crippen MR) is 74.4 cm³/mol. The second-order valence-corrected chi connectivity index (χ2v) is 6.09. The Kier molecular flexibility index (Phi) is 3.30. The molecule has 0 aromatic heterocycles. The van der Waals surface area contributed by atoms with Crippen LogP contribution in [0.2, 0.25) is 0 Å². The fourth-order valence-corrected chi connectivity index (χ4v) is 3.47. The molecule has 0 N–H and O–H groups in total. The van der Waals surface area contributed by atoms with Gasteiger partial charge >= 0.3 is 0 Å². The molecular formula is C14H18BrNO. The van der Waals surface area contributed by atoms with Gasteiger partial charge in [-0.25, -0.2) is 0 Å². The zero-order chi connectivity index (χ0) is 12.6. The first-order chi connectivity index (χ1) is 7.97. The highest BCUT2D eigenvalue weighted by molar-refractivity contribution is 9.10. The molecule has 0 bridgehead atoms. The standard InChI is InChI=1S/C14H18BrNO/c1-4-8-16-11-7-5-6-10(15)13(11)14(2,3)9-12(16)17/h5-7H,4,8-9H2,1-3H3. The molecule has 0 aliphatic carbocycles. The minimum Gasteiger partial charge on any atom is -0.312 e. The van der Waals surface area contributed by atoms with Crippen molar-refractivity contribution in [2.75, 3.05) is 11.4 Å². The first-order valence-corrected chi connectivity index (χ1v) is 6.86. The number of carbonyl (C=O) groups excluding carboxylic acids is 1. The average Bonchev–Trinajstić information content (AvgIpc) is 2.22. The maximum absolute atomic E-state index is 12.2. The number of fused-ring (bicyclic) bond motifs is 1. The van der Waals surface area contributed by atoms with Crippen LogP contribution in [0.1, 0.15) is 39.2 Å². The lowest BCUT2D eigenvalue weighted by Crippen LogP contribution is -2.42. The number of anilines is 1. The van der Waals surface area contributed by atoms with Crippen molar-refractivity contribution in [1.29, 1.82) is 0 Å². The van der Waals surface area contributed by atoms with E-state index in [2.05, 4.69) is 48.8 Å². The smallest absolute Gasteiger partial charge is 0.227 e. The van der Waals surface area contributed by atoms with Crippen LogP contribution < -0.4 is 4.90 Å². The van der Waals surface area contributed by atoms with Gasteiger partial charge in [-0.15, -0.1) is 0 Å². The number of hydrogen-bond acceptors (Lipinski definition) is 1. The zero-order valence-corrected chi connectivity index (χ0v) is 12.2. The van der Waals surface area contributed by atoms with Gasteiger partial charge in [0.25, 0.3) is 0 Å². The molecule has 0 fully saturated rings. The third kappa shape index (κ3) is 2.13. The van der Waals surface area contributed by atoms with Gasteiger partial charge < -0.3 is 4.90 Å². The number of benzene rings is 1. The highest BCUT2D eigenvalue weighted by Crippen LogP contribution is 2.43. The summed E-state index contributed by atoms with van der Waals surface area (Å²) in [6, 6.07) is 6.11. The van der Waals surface area contributed by atoms with Crippen molar-refractivity contribution in [1.82, 2.24) is 0 Å². The summed E-state index contributed by atoms with van der Waals surface area (Å²) in [5.74, 6) is 0.238. The Labute approximate surface area is 111 Å². The Morgan fingerprint density at radius 1 is 1.41 bits per heavy atom. The lowest BCUT2D eigenvalue weighted by molar-refractivity contribution is -0.120. The number of rotatable bonds is 2. The maximum Gasteiger partial charge on any atom is 0.227 e. The molecule has 17 heavy (non-hydrogen) atoms. The zero-order valence-electron chi connectivity index (χ0n) is 10.6. The van der Waals surface area contributed by atoms with E-state index < -0.39 is 0 Å². The molecule has 3 heteroatoms. The second kappa shape index (κ2) is 4.45. The van der Waals surface area contributed by atoms with Crippen LogP contribution in [0.25, 0.3) is 0 Å². The molecule has 1 aromatic carbocycles. The van der Waals surface area contributed by atoms with E-state index in [0.29, 0.717) is 6.42 Å². The minimum absolute atomic E-state index is 0.0866. The molecule has 1 aliphatic heterocycles. The summed E-state index contributed by atoms with van der Waals surface area (Å²) in [6.07, 6.45) is 1.57. The second-order valence-electron chi connectivity index (χ2n) is 5.24. The molecule has 1 aromatic rings. The van der Waals surface area contributed by atoms with Crippen LogP contribution in [0.5, 0.6) is 0 Å². The normalized spacial score (nSPS) is 18.1. The van der Waals surface area contributed by atoms with E-state index in [0.717, 1.165) is 23.1 Å². The average molecular weight is 296 g/mol. The first-order valence-electron chi connectivity index (χ1n) is 6.06. The monoisotopic (exact) mass is 295 g/mol. The van der Waals surface area contributed by atoms with Crippen molar-refractivity contribution >= 4 is 27.5 Å². The molecule has 0 unspecified atom stereocenters. The van der Waals surface area contributed by atoms with Gasteiger partial charge in [-0.3, -0.25) is 4.79 Å². The van der Waals surface area contributed by atoms with Gasteiger partial charge in [0.1, 0.15) is 0 Å². The van der Waals surface area contributed by atoms with Crippen molar-refractivity contribution in [2.45, 2.75) is 39.0 Å². The summed E-state index contributed by atoms with van der Waals surface area (Å²) in [6.45, 7) is 7.18. The largest absolute Gasteiger partial charge is 0.312 e. The number of nitrogens with zero attached hydrogens (tertiary/aromatic N) is 1. The molecule has 0 radical (unpaired) electrons. The van der Waals surface area contributed by atoms with Crippen LogP contribution in [0.4, 0.5) is 5.69 Å². The summed E-state index contributed by atoms with van der Waals surface area (Å²) in [5, 5.41) is 0. The van der Waals surface area contributed by atoms with E-state index in [1.807, 2.05) is 11.0 Å². The Hall–Kier alpha value is -0.830. The lowest BCUT2D eigenvalue weighted by atomic mass is 9.77. The molecule has 92 valence electrons. The summed E-state index contributed by atoms with van der Waals surface area (Å²) >= 11 is 3.62. The maximum atomic E-state index is 12.2. The van der Waals surface area contributed by atoms with E-state index in [9.17, 15) is 4.79 Å². The highest BCUT2D eigenvalue weighted by Gasteiger charge is 2.37. The van der Waals surface area contributed by atoms with Crippen molar-refractivity contribution in [3.8, 4) is 0 Å². The van der Waals surface area contributed by atoms with Gasteiger partial charge in [0.05, 0.1) is 0 Å². The summed E-state index contributed by atoms with van der Waals surface area (Å²) in [4.78, 5) is 14.1. The SMILES string of the molecule is CCCN1C(=O)CC(C)(C)c2c(Br)cccc21. The molecular weight excluding hydrogens is 278 g/mol. The molecule has 0 spiro atoms. The van der Waals surface area contributed by atoms with Gasteiger partial charge in [-0.1, -0.05) is 42.8 Å². The third-order valence-electron chi connectivity index (χ3n) is 3.30. The van der Waals surface area contributed by atoms with Gasteiger partial charge in [0, 0.05) is 28.5 Å². The number of halogens is 1.